The van der Waals surface area contributed by atoms with E-state index in [1.165, 1.54) is 0 Å². The molecule has 5 nitrogen and oxygen atoms in total. The van der Waals surface area contributed by atoms with Crippen LogP contribution in [0.4, 0.5) is 0 Å². The van der Waals surface area contributed by atoms with Gasteiger partial charge in [-0.2, -0.15) is 0 Å². The summed E-state index contributed by atoms with van der Waals surface area (Å²) in [7, 11) is 1.70. The van der Waals surface area contributed by atoms with Crippen LogP contribution in [0.25, 0.3) is 33.5 Å². The number of hydrogen-bond donors (Lipinski definition) is 0. The molecule has 3 aromatic carbocycles. The third kappa shape index (κ3) is 4.22. The van der Waals surface area contributed by atoms with Crippen molar-refractivity contribution in [3.8, 4) is 28.4 Å². The Hall–Kier alpha value is -3.64. The molecule has 0 saturated heterocycles. The molecular weight excluding hydrogens is 428 g/mol. The second kappa shape index (κ2) is 9.46. The molecule has 0 atom stereocenters. The van der Waals surface area contributed by atoms with Gasteiger partial charge in [0.15, 0.2) is 11.0 Å². The number of para-hydroxylation sites is 2. The van der Waals surface area contributed by atoms with Crippen molar-refractivity contribution in [3.63, 3.8) is 0 Å². The van der Waals surface area contributed by atoms with Gasteiger partial charge in [-0.3, -0.25) is 0 Å². The van der Waals surface area contributed by atoms with Crippen LogP contribution in [0.3, 0.4) is 0 Å². The zero-order valence-electron chi connectivity index (χ0n) is 18.6. The lowest BCUT2D eigenvalue weighted by Gasteiger charge is -2.12. The number of rotatable bonds is 7. The minimum Gasteiger partial charge on any atom is -0.496 e. The summed E-state index contributed by atoms with van der Waals surface area (Å²) < 4.78 is 7.68. The van der Waals surface area contributed by atoms with Gasteiger partial charge in [0.1, 0.15) is 5.75 Å². The maximum Gasteiger partial charge on any atom is 0.191 e. The van der Waals surface area contributed by atoms with Gasteiger partial charge in [0.25, 0.3) is 0 Å². The molecule has 0 radical (unpaired) electrons. The van der Waals surface area contributed by atoms with Crippen molar-refractivity contribution in [2.45, 2.75) is 24.4 Å². The Balaban J connectivity index is 1.57. The molecule has 5 rings (SSSR count). The predicted molar refractivity (Wildman–Crippen MR) is 134 cm³/mol. The van der Waals surface area contributed by atoms with E-state index >= 15 is 0 Å². The Morgan fingerprint density at radius 2 is 1.64 bits per heavy atom. The molecule has 0 amide bonds. The average Bonchev–Trinajstić information content (AvgIpc) is 3.30. The van der Waals surface area contributed by atoms with Crippen molar-refractivity contribution < 1.29 is 4.74 Å². The molecule has 0 aliphatic heterocycles. The third-order valence-corrected chi connectivity index (χ3v) is 6.62. The molecule has 0 N–H and O–H groups in total. The molecule has 0 spiro atoms. The molecule has 0 unspecified atom stereocenters. The van der Waals surface area contributed by atoms with Gasteiger partial charge >= 0.3 is 0 Å². The quantitative estimate of drug-likeness (QED) is 0.265. The summed E-state index contributed by atoms with van der Waals surface area (Å²) in [5.74, 6) is 2.50. The summed E-state index contributed by atoms with van der Waals surface area (Å²) in [4.78, 5) is 4.91. The number of nitrogens with zero attached hydrogens (tertiary/aromatic N) is 4. The number of aromatic nitrogens is 4. The van der Waals surface area contributed by atoms with E-state index in [0.29, 0.717) is 0 Å². The Morgan fingerprint density at radius 3 is 2.45 bits per heavy atom. The molecule has 0 aliphatic rings. The van der Waals surface area contributed by atoms with Crippen LogP contribution >= 0.6 is 11.8 Å². The molecule has 164 valence electrons. The average molecular weight is 453 g/mol. The normalized spacial score (nSPS) is 11.1. The molecule has 0 aliphatic carbocycles. The first kappa shape index (κ1) is 21.2. The topological polar surface area (TPSA) is 52.8 Å². The Bertz CT molecular complexity index is 1400. The summed E-state index contributed by atoms with van der Waals surface area (Å²) in [6, 6.07) is 28.7. The van der Waals surface area contributed by atoms with Crippen LogP contribution in [-0.4, -0.2) is 26.9 Å². The van der Waals surface area contributed by atoms with Crippen LogP contribution in [0.2, 0.25) is 0 Å². The van der Waals surface area contributed by atoms with Gasteiger partial charge in [-0.1, -0.05) is 78.5 Å². The van der Waals surface area contributed by atoms with E-state index in [0.717, 1.165) is 62.3 Å². The molecule has 0 saturated carbocycles. The maximum atomic E-state index is 5.51. The lowest BCUT2D eigenvalue weighted by Crippen LogP contribution is -2.01. The Morgan fingerprint density at radius 1 is 0.879 bits per heavy atom. The highest BCUT2D eigenvalue weighted by Gasteiger charge is 2.18. The maximum absolute atomic E-state index is 5.51. The van der Waals surface area contributed by atoms with Gasteiger partial charge in [-0.15, -0.1) is 10.2 Å². The number of hydrogen-bond acceptors (Lipinski definition) is 5. The molecule has 2 heterocycles. The van der Waals surface area contributed by atoms with E-state index in [1.54, 1.807) is 18.9 Å². The lowest BCUT2D eigenvalue weighted by molar-refractivity contribution is 0.411. The largest absolute Gasteiger partial charge is 0.496 e. The van der Waals surface area contributed by atoms with Gasteiger partial charge in [0.2, 0.25) is 0 Å². The molecular formula is C27H24N4OS. The van der Waals surface area contributed by atoms with Gasteiger partial charge in [-0.25, -0.2) is 4.98 Å². The minimum absolute atomic E-state index is 0.758. The number of thioether (sulfide) groups is 1. The molecule has 5 aromatic rings. The first-order chi connectivity index (χ1) is 16.3. The van der Waals surface area contributed by atoms with Crippen LogP contribution in [-0.2, 0) is 12.3 Å². The first-order valence-corrected chi connectivity index (χ1v) is 11.9. The van der Waals surface area contributed by atoms with Crippen molar-refractivity contribution in [3.05, 3.63) is 90.5 Å². The standard InChI is InChI=1S/C27H24N4OS/c1-3-31-26(29-30-27(31)33-18-20-13-7-10-16-25(20)32-2)22-17-24(19-11-5-4-6-12-19)28-23-15-9-8-14-21(22)23/h4-17H,3,18H2,1-2H3. The second-order valence-electron chi connectivity index (χ2n) is 7.59. The monoisotopic (exact) mass is 452 g/mol. The first-order valence-electron chi connectivity index (χ1n) is 10.9. The van der Waals surface area contributed by atoms with E-state index in [-0.39, 0.29) is 0 Å². The van der Waals surface area contributed by atoms with Crippen molar-refractivity contribution in [2.75, 3.05) is 7.11 Å². The molecule has 0 bridgehead atoms. The van der Waals surface area contributed by atoms with Gasteiger partial charge in [-0.05, 0) is 25.1 Å². The van der Waals surface area contributed by atoms with E-state index < -0.39 is 0 Å². The predicted octanol–water partition coefficient (Wildman–Crippen LogP) is 6.48. The number of fused-ring (bicyclic) bond motifs is 1. The summed E-state index contributed by atoms with van der Waals surface area (Å²) in [5, 5.41) is 11.1. The van der Waals surface area contributed by atoms with E-state index in [2.05, 4.69) is 58.1 Å². The highest BCUT2D eigenvalue weighted by Crippen LogP contribution is 2.34. The highest BCUT2D eigenvalue weighted by atomic mass is 32.2. The summed E-state index contributed by atoms with van der Waals surface area (Å²) in [6.45, 7) is 2.90. The third-order valence-electron chi connectivity index (χ3n) is 5.61. The minimum atomic E-state index is 0.758. The summed E-state index contributed by atoms with van der Waals surface area (Å²) >= 11 is 1.67. The summed E-state index contributed by atoms with van der Waals surface area (Å²) in [6.07, 6.45) is 0. The second-order valence-corrected chi connectivity index (χ2v) is 8.53. The number of benzene rings is 3. The SMILES string of the molecule is CCn1c(SCc2ccccc2OC)nnc1-c1cc(-c2ccccc2)nc2ccccc12. The number of pyridine rings is 1. The zero-order valence-corrected chi connectivity index (χ0v) is 19.4. The van der Waals surface area contributed by atoms with Crippen LogP contribution < -0.4 is 4.74 Å². The molecule has 6 heteroatoms. The smallest absolute Gasteiger partial charge is 0.191 e. The van der Waals surface area contributed by atoms with Crippen LogP contribution in [0.5, 0.6) is 5.75 Å². The van der Waals surface area contributed by atoms with Crippen molar-refractivity contribution in [1.82, 2.24) is 19.7 Å². The van der Waals surface area contributed by atoms with Crippen LogP contribution in [0.1, 0.15) is 12.5 Å². The van der Waals surface area contributed by atoms with E-state index in [4.69, 9.17) is 9.72 Å². The molecule has 0 fully saturated rings. The van der Waals surface area contributed by atoms with Gasteiger partial charge < -0.3 is 9.30 Å². The zero-order chi connectivity index (χ0) is 22.6. The van der Waals surface area contributed by atoms with Crippen molar-refractivity contribution >= 4 is 22.7 Å². The fraction of sp³-hybridized carbons (Fsp3) is 0.148. The van der Waals surface area contributed by atoms with Crippen molar-refractivity contribution in [2.24, 2.45) is 0 Å². The summed E-state index contributed by atoms with van der Waals surface area (Å²) in [5.41, 5.74) is 5.13. The molecule has 33 heavy (non-hydrogen) atoms. The Kier molecular flexibility index (Phi) is 6.09. The fourth-order valence-electron chi connectivity index (χ4n) is 3.96. The molecule has 2 aromatic heterocycles. The van der Waals surface area contributed by atoms with Crippen molar-refractivity contribution in [1.29, 1.82) is 0 Å². The lowest BCUT2D eigenvalue weighted by atomic mass is 10.0. The number of methoxy groups -OCH3 is 1. The number of ether oxygens (including phenoxy) is 1. The van der Waals surface area contributed by atoms with Crippen LogP contribution in [0.15, 0.2) is 90.1 Å². The van der Waals surface area contributed by atoms with Crippen LogP contribution in [0, 0.1) is 0 Å². The van der Waals surface area contributed by atoms with Gasteiger partial charge in [0, 0.05) is 34.4 Å². The Labute approximate surface area is 197 Å². The van der Waals surface area contributed by atoms with E-state index in [1.807, 2.05) is 48.5 Å². The van der Waals surface area contributed by atoms with E-state index in [9.17, 15) is 0 Å². The van der Waals surface area contributed by atoms with Gasteiger partial charge in [0.05, 0.1) is 18.3 Å². The fourth-order valence-corrected chi connectivity index (χ4v) is 4.95. The highest BCUT2D eigenvalue weighted by molar-refractivity contribution is 7.98.